The Morgan fingerprint density at radius 1 is 1.08 bits per heavy atom. The molecule has 0 unspecified atom stereocenters. The van der Waals surface area contributed by atoms with Crippen LogP contribution in [0.3, 0.4) is 0 Å². The van der Waals surface area contributed by atoms with Gasteiger partial charge in [0.2, 0.25) is 0 Å². The first-order valence-electron chi connectivity index (χ1n) is 8.02. The molecule has 1 N–H and O–H groups in total. The van der Waals surface area contributed by atoms with Gasteiger partial charge >= 0.3 is 0 Å². The monoisotopic (exact) mass is 346 g/mol. The van der Waals surface area contributed by atoms with Crippen molar-refractivity contribution in [3.63, 3.8) is 0 Å². The second-order valence-corrected chi connectivity index (χ2v) is 6.21. The van der Waals surface area contributed by atoms with Gasteiger partial charge in [-0.1, -0.05) is 0 Å². The minimum atomic E-state index is -0.646. The lowest BCUT2D eigenvalue weighted by Crippen LogP contribution is -2.13. The highest BCUT2D eigenvalue weighted by molar-refractivity contribution is 5.58. The molecule has 25 heavy (non-hydrogen) atoms. The van der Waals surface area contributed by atoms with Crippen molar-refractivity contribution < 1.29 is 8.78 Å². The molecule has 8 heteroatoms. The van der Waals surface area contributed by atoms with Gasteiger partial charge in [-0.05, 0) is 46.1 Å². The summed E-state index contributed by atoms with van der Waals surface area (Å²) in [6, 6.07) is 5.03. The van der Waals surface area contributed by atoms with Crippen molar-refractivity contribution in [3.05, 3.63) is 47.4 Å². The summed E-state index contributed by atoms with van der Waals surface area (Å²) >= 11 is 0. The molecule has 1 aromatic carbocycles. The predicted octanol–water partition coefficient (Wildman–Crippen LogP) is 2.95. The van der Waals surface area contributed by atoms with Crippen LogP contribution in [0, 0.1) is 18.6 Å². The summed E-state index contributed by atoms with van der Waals surface area (Å²) in [5.74, 6) is 0.409. The lowest BCUT2D eigenvalue weighted by molar-refractivity contribution is 0.398. The maximum Gasteiger partial charge on any atom is 0.254 e. The van der Waals surface area contributed by atoms with Crippen LogP contribution in [0.25, 0.3) is 5.78 Å². The van der Waals surface area contributed by atoms with Gasteiger partial charge in [-0.2, -0.15) is 9.50 Å². The Labute approximate surface area is 144 Å². The minimum absolute atomic E-state index is 0.300. The third-order valence-corrected chi connectivity index (χ3v) is 3.62. The van der Waals surface area contributed by atoms with Gasteiger partial charge in [0.25, 0.3) is 5.78 Å². The summed E-state index contributed by atoms with van der Waals surface area (Å²) in [4.78, 5) is 10.9. The number of aromatic nitrogens is 4. The number of hydrogen-bond donors (Lipinski definition) is 1. The molecule has 0 bridgehead atoms. The highest BCUT2D eigenvalue weighted by Crippen LogP contribution is 2.20. The lowest BCUT2D eigenvalue weighted by Gasteiger charge is -2.09. The molecule has 0 atom stereocenters. The molecule has 0 saturated carbocycles. The average molecular weight is 346 g/mol. The lowest BCUT2D eigenvalue weighted by atomic mass is 10.3. The Hall–Kier alpha value is -2.61. The molecule has 0 radical (unpaired) electrons. The molecular weight excluding hydrogens is 326 g/mol. The van der Waals surface area contributed by atoms with Gasteiger partial charge in [-0.15, -0.1) is 5.10 Å². The normalized spacial score (nSPS) is 11.4. The second-order valence-electron chi connectivity index (χ2n) is 6.21. The van der Waals surface area contributed by atoms with Crippen molar-refractivity contribution in [1.29, 1.82) is 0 Å². The van der Waals surface area contributed by atoms with Gasteiger partial charge < -0.3 is 10.2 Å². The summed E-state index contributed by atoms with van der Waals surface area (Å²) in [5.41, 5.74) is 1.04. The van der Waals surface area contributed by atoms with Gasteiger partial charge in [0.1, 0.15) is 17.5 Å². The van der Waals surface area contributed by atoms with Gasteiger partial charge in [0.05, 0.1) is 0 Å². The number of halogens is 2. The number of nitrogens with one attached hydrogen (secondary N) is 1. The molecule has 3 rings (SSSR count). The van der Waals surface area contributed by atoms with E-state index in [1.165, 1.54) is 12.1 Å². The van der Waals surface area contributed by atoms with E-state index in [9.17, 15) is 8.78 Å². The van der Waals surface area contributed by atoms with E-state index in [0.29, 0.717) is 23.1 Å². The Bertz CT molecular complexity index is 870. The Balaban J connectivity index is 1.90. The maximum atomic E-state index is 13.4. The summed E-state index contributed by atoms with van der Waals surface area (Å²) in [7, 11) is 4.03. The van der Waals surface area contributed by atoms with Crippen LogP contribution in [0.1, 0.15) is 17.9 Å². The van der Waals surface area contributed by atoms with E-state index in [1.54, 1.807) is 10.6 Å². The zero-order valence-corrected chi connectivity index (χ0v) is 14.4. The maximum absolute atomic E-state index is 13.4. The number of nitrogens with zero attached hydrogens (tertiary/aromatic N) is 5. The van der Waals surface area contributed by atoms with E-state index in [4.69, 9.17) is 0 Å². The van der Waals surface area contributed by atoms with E-state index >= 15 is 0 Å². The molecule has 2 aromatic heterocycles. The van der Waals surface area contributed by atoms with Crippen LogP contribution in [0.15, 0.2) is 24.3 Å². The predicted molar refractivity (Wildman–Crippen MR) is 92.0 cm³/mol. The van der Waals surface area contributed by atoms with Crippen LogP contribution in [0.4, 0.5) is 20.3 Å². The zero-order valence-electron chi connectivity index (χ0n) is 14.4. The molecular formula is C17H20F2N6. The molecule has 0 saturated heterocycles. The number of anilines is 2. The molecule has 132 valence electrons. The molecule has 0 fully saturated rings. The fourth-order valence-corrected chi connectivity index (χ4v) is 2.55. The van der Waals surface area contributed by atoms with Gasteiger partial charge in [-0.3, -0.25) is 0 Å². The number of rotatable bonds is 6. The van der Waals surface area contributed by atoms with Crippen LogP contribution in [-0.2, 0) is 6.42 Å². The third-order valence-electron chi connectivity index (χ3n) is 3.62. The van der Waals surface area contributed by atoms with E-state index in [1.807, 2.05) is 21.0 Å². The van der Waals surface area contributed by atoms with E-state index < -0.39 is 11.6 Å². The van der Waals surface area contributed by atoms with Crippen molar-refractivity contribution in [2.24, 2.45) is 0 Å². The first-order valence-corrected chi connectivity index (χ1v) is 8.02. The van der Waals surface area contributed by atoms with E-state index in [-0.39, 0.29) is 0 Å². The summed E-state index contributed by atoms with van der Waals surface area (Å²) in [6.45, 7) is 2.77. The van der Waals surface area contributed by atoms with Crippen LogP contribution in [-0.4, -0.2) is 45.1 Å². The molecule has 0 amide bonds. The van der Waals surface area contributed by atoms with Crippen molar-refractivity contribution in [1.82, 2.24) is 24.5 Å². The van der Waals surface area contributed by atoms with Crippen LogP contribution in [0.5, 0.6) is 0 Å². The fourth-order valence-electron chi connectivity index (χ4n) is 2.55. The highest BCUT2D eigenvalue weighted by atomic mass is 19.1. The molecule has 3 aromatic rings. The van der Waals surface area contributed by atoms with Crippen LogP contribution >= 0.6 is 0 Å². The molecule has 0 aliphatic carbocycles. The van der Waals surface area contributed by atoms with Gasteiger partial charge in [-0.25, -0.2) is 13.8 Å². The molecule has 6 nitrogen and oxygen atoms in total. The average Bonchev–Trinajstić information content (AvgIpc) is 2.88. The Morgan fingerprint density at radius 2 is 1.80 bits per heavy atom. The topological polar surface area (TPSA) is 58.4 Å². The molecule has 0 spiro atoms. The Kier molecular flexibility index (Phi) is 4.89. The van der Waals surface area contributed by atoms with Crippen molar-refractivity contribution in [2.45, 2.75) is 19.8 Å². The third kappa shape index (κ3) is 4.27. The van der Waals surface area contributed by atoms with Crippen molar-refractivity contribution >= 4 is 17.3 Å². The van der Waals surface area contributed by atoms with Crippen LogP contribution < -0.4 is 5.32 Å². The van der Waals surface area contributed by atoms with E-state index in [0.717, 1.165) is 31.1 Å². The number of hydrogen-bond acceptors (Lipinski definition) is 5. The van der Waals surface area contributed by atoms with Gasteiger partial charge in [0, 0.05) is 29.9 Å². The zero-order chi connectivity index (χ0) is 18.0. The summed E-state index contributed by atoms with van der Waals surface area (Å²) in [6.07, 6.45) is 1.66. The first kappa shape index (κ1) is 17.2. The summed E-state index contributed by atoms with van der Waals surface area (Å²) < 4.78 is 28.4. The van der Waals surface area contributed by atoms with E-state index in [2.05, 4.69) is 25.3 Å². The summed E-state index contributed by atoms with van der Waals surface area (Å²) in [5, 5.41) is 7.46. The highest BCUT2D eigenvalue weighted by Gasteiger charge is 2.11. The van der Waals surface area contributed by atoms with Crippen molar-refractivity contribution in [3.8, 4) is 0 Å². The minimum Gasteiger partial charge on any atom is -0.340 e. The number of benzene rings is 1. The standard InChI is InChI=1S/C17H20F2N6/c1-11-7-16(21-14-9-12(18)8-13(19)10-14)25-17(20-11)22-15(23-25)5-4-6-24(2)3/h7-10,21H,4-6H2,1-3H3. The second kappa shape index (κ2) is 7.10. The molecule has 0 aliphatic rings. The molecule has 0 aliphatic heterocycles. The fraction of sp³-hybridized carbons (Fsp3) is 0.353. The van der Waals surface area contributed by atoms with Crippen LogP contribution in [0.2, 0.25) is 0 Å². The SMILES string of the molecule is Cc1cc(Nc2cc(F)cc(F)c2)n2nc(CCCN(C)C)nc2n1. The van der Waals surface area contributed by atoms with Crippen molar-refractivity contribution in [2.75, 3.05) is 26.0 Å². The largest absolute Gasteiger partial charge is 0.340 e. The number of aryl methyl sites for hydroxylation is 2. The Morgan fingerprint density at radius 3 is 2.48 bits per heavy atom. The molecule has 2 heterocycles. The smallest absolute Gasteiger partial charge is 0.254 e. The quantitative estimate of drug-likeness (QED) is 0.744. The first-order chi connectivity index (χ1) is 11.9. The van der Waals surface area contributed by atoms with Gasteiger partial charge in [0.15, 0.2) is 5.82 Å². The number of fused-ring (bicyclic) bond motifs is 1.